The number of anilines is 2. The maximum absolute atomic E-state index is 13.4. The van der Waals surface area contributed by atoms with Crippen molar-refractivity contribution >= 4 is 27.3 Å². The lowest BCUT2D eigenvalue weighted by Gasteiger charge is -2.34. The molecule has 1 saturated heterocycles. The van der Waals surface area contributed by atoms with Crippen LogP contribution in [0.15, 0.2) is 47.8 Å². The fourth-order valence-electron chi connectivity index (χ4n) is 4.89. The first-order valence-corrected chi connectivity index (χ1v) is 13.8. The fraction of sp³-hybridized carbons (Fsp3) is 0.462. The first-order valence-electron chi connectivity index (χ1n) is 12.2. The van der Waals surface area contributed by atoms with E-state index in [1.807, 2.05) is 10.9 Å². The van der Waals surface area contributed by atoms with E-state index in [-0.39, 0.29) is 21.9 Å². The highest BCUT2D eigenvalue weighted by molar-refractivity contribution is 7.92. The number of Topliss-reactive ketones (excluding diaryl/α,β-unsaturated/α-hetero) is 1. The van der Waals surface area contributed by atoms with E-state index >= 15 is 0 Å². The van der Waals surface area contributed by atoms with Gasteiger partial charge in [0.2, 0.25) is 9.84 Å². The highest BCUT2D eigenvalue weighted by atomic mass is 32.2. The summed E-state index contributed by atoms with van der Waals surface area (Å²) in [6.07, 6.45) is 4.65. The Labute approximate surface area is 212 Å². The average Bonchev–Trinajstić information content (AvgIpc) is 3.35. The number of hydrogen-bond acceptors (Lipinski definition) is 8. The average molecular weight is 511 g/mol. The minimum atomic E-state index is -3.98. The van der Waals surface area contributed by atoms with Gasteiger partial charge in [-0.25, -0.2) is 18.4 Å². The molecule has 192 valence electrons. The molecule has 3 aromatic heterocycles. The Balaban J connectivity index is 1.74. The topological polar surface area (TPSA) is 124 Å². The van der Waals surface area contributed by atoms with E-state index in [9.17, 15) is 13.2 Å². The molecule has 0 amide bonds. The third kappa shape index (κ3) is 5.43. The van der Waals surface area contributed by atoms with Crippen molar-refractivity contribution in [2.24, 2.45) is 11.8 Å². The molecule has 1 aliphatic rings. The van der Waals surface area contributed by atoms with Gasteiger partial charge >= 0.3 is 0 Å². The van der Waals surface area contributed by atoms with Crippen molar-refractivity contribution in [3.63, 3.8) is 0 Å². The zero-order chi connectivity index (χ0) is 26.3. The number of nitrogens with zero attached hydrogens (tertiary/aromatic N) is 5. The van der Waals surface area contributed by atoms with Crippen molar-refractivity contribution in [2.75, 3.05) is 22.9 Å². The summed E-state index contributed by atoms with van der Waals surface area (Å²) < 4.78 is 27.8. The molecule has 1 fully saturated rings. The number of rotatable bonds is 8. The maximum atomic E-state index is 13.4. The number of ketones is 1. The Morgan fingerprint density at radius 2 is 1.94 bits per heavy atom. The Bertz CT molecular complexity index is 1380. The Morgan fingerprint density at radius 3 is 2.58 bits per heavy atom. The van der Waals surface area contributed by atoms with E-state index in [0.29, 0.717) is 23.3 Å². The molecule has 0 aliphatic carbocycles. The first-order chi connectivity index (χ1) is 16.9. The number of carbonyl (C=O) groups excluding carboxylic acids is 1. The van der Waals surface area contributed by atoms with Crippen LogP contribution >= 0.6 is 0 Å². The van der Waals surface area contributed by atoms with Crippen LogP contribution in [-0.2, 0) is 16.4 Å². The summed E-state index contributed by atoms with van der Waals surface area (Å²) in [6.45, 7) is 12.2. The van der Waals surface area contributed by atoms with Crippen LogP contribution in [0.3, 0.4) is 0 Å². The zero-order valence-corrected chi connectivity index (χ0v) is 22.3. The number of sulfone groups is 1. The van der Waals surface area contributed by atoms with Gasteiger partial charge in [-0.2, -0.15) is 5.10 Å². The van der Waals surface area contributed by atoms with E-state index in [0.717, 1.165) is 25.1 Å². The number of aromatic nitrogens is 4. The van der Waals surface area contributed by atoms with E-state index in [1.165, 1.54) is 18.2 Å². The van der Waals surface area contributed by atoms with Crippen LogP contribution in [0, 0.1) is 11.8 Å². The molecule has 36 heavy (non-hydrogen) atoms. The van der Waals surface area contributed by atoms with Gasteiger partial charge < -0.3 is 10.6 Å². The van der Waals surface area contributed by atoms with Crippen LogP contribution in [0.25, 0.3) is 11.3 Å². The highest BCUT2D eigenvalue weighted by Gasteiger charge is 2.39. The number of hydrogen-bond donors (Lipinski definition) is 1. The quantitative estimate of drug-likeness (QED) is 0.453. The fourth-order valence-corrected chi connectivity index (χ4v) is 6.07. The summed E-state index contributed by atoms with van der Waals surface area (Å²) >= 11 is 0. The second-order valence-electron chi connectivity index (χ2n) is 10.7. The third-order valence-corrected chi connectivity index (χ3v) is 7.88. The standard InChI is InChI=1S/C26H34N6O3S/c1-17(2)13-31-15-19(12-28-31)21-10-9-20(25(29-21)32-14-18(3)11-26(32,4)5)22(33)16-36(34,35)24-8-6-7-23(27)30-24/h6-10,12,15,17-18H,11,13-14,16H2,1-5H3,(H2,27,30). The minimum absolute atomic E-state index is 0.0843. The van der Waals surface area contributed by atoms with Gasteiger partial charge in [0.05, 0.1) is 17.5 Å². The predicted octanol–water partition coefficient (Wildman–Crippen LogP) is 3.86. The molecule has 1 aliphatic heterocycles. The first kappa shape index (κ1) is 25.8. The van der Waals surface area contributed by atoms with Crippen molar-refractivity contribution in [3.05, 3.63) is 48.3 Å². The van der Waals surface area contributed by atoms with Crippen molar-refractivity contribution in [1.29, 1.82) is 0 Å². The summed E-state index contributed by atoms with van der Waals surface area (Å²) in [5, 5.41) is 4.23. The molecule has 4 heterocycles. The number of carbonyl (C=O) groups is 1. The Morgan fingerprint density at radius 1 is 1.19 bits per heavy atom. The van der Waals surface area contributed by atoms with Gasteiger partial charge in [-0.05, 0) is 56.4 Å². The SMILES string of the molecule is CC(C)Cn1cc(-c2ccc(C(=O)CS(=O)(=O)c3cccc(N)n3)c(N3CC(C)CC3(C)C)n2)cn1. The Hall–Kier alpha value is -3.27. The molecule has 0 bridgehead atoms. The Kier molecular flexibility index (Phi) is 6.92. The van der Waals surface area contributed by atoms with Crippen LogP contribution in [0.4, 0.5) is 11.6 Å². The van der Waals surface area contributed by atoms with Gasteiger partial charge in [0.15, 0.2) is 10.8 Å². The van der Waals surface area contributed by atoms with Crippen LogP contribution in [-0.4, -0.2) is 51.8 Å². The van der Waals surface area contributed by atoms with Crippen LogP contribution in [0.2, 0.25) is 0 Å². The van der Waals surface area contributed by atoms with E-state index in [2.05, 4.69) is 49.6 Å². The molecule has 9 nitrogen and oxygen atoms in total. The van der Waals surface area contributed by atoms with Crippen LogP contribution in [0.5, 0.6) is 0 Å². The normalized spacial score (nSPS) is 17.6. The zero-order valence-electron chi connectivity index (χ0n) is 21.5. The van der Waals surface area contributed by atoms with Crippen LogP contribution in [0.1, 0.15) is 51.4 Å². The van der Waals surface area contributed by atoms with Crippen molar-refractivity contribution < 1.29 is 13.2 Å². The summed E-state index contributed by atoms with van der Waals surface area (Å²) in [7, 11) is -3.98. The van der Waals surface area contributed by atoms with Crippen LogP contribution < -0.4 is 10.6 Å². The van der Waals surface area contributed by atoms with E-state index in [4.69, 9.17) is 10.7 Å². The molecule has 10 heteroatoms. The molecule has 3 aromatic rings. The van der Waals surface area contributed by atoms with Crippen molar-refractivity contribution in [2.45, 2.75) is 58.1 Å². The smallest absolute Gasteiger partial charge is 0.203 e. The molecule has 0 spiro atoms. The molecule has 1 unspecified atom stereocenters. The summed E-state index contributed by atoms with van der Waals surface area (Å²) in [6, 6.07) is 7.80. The molecule has 4 rings (SSSR count). The number of nitrogen functional groups attached to an aromatic ring is 1. The largest absolute Gasteiger partial charge is 0.384 e. The van der Waals surface area contributed by atoms with Gasteiger partial charge in [0.1, 0.15) is 17.4 Å². The lowest BCUT2D eigenvalue weighted by molar-refractivity contribution is 0.102. The summed E-state index contributed by atoms with van der Waals surface area (Å²) in [5.74, 6) is 0.194. The lowest BCUT2D eigenvalue weighted by atomic mass is 9.97. The molecule has 1 atom stereocenters. The third-order valence-electron chi connectivity index (χ3n) is 6.37. The lowest BCUT2D eigenvalue weighted by Crippen LogP contribution is -2.40. The van der Waals surface area contributed by atoms with Crippen molar-refractivity contribution in [1.82, 2.24) is 19.7 Å². The second kappa shape index (κ2) is 9.65. The van der Waals surface area contributed by atoms with Gasteiger partial charge in [0.25, 0.3) is 0 Å². The van der Waals surface area contributed by atoms with Gasteiger partial charge in [0, 0.05) is 30.4 Å². The molecule has 2 N–H and O–H groups in total. The van der Waals surface area contributed by atoms with E-state index < -0.39 is 21.4 Å². The minimum Gasteiger partial charge on any atom is -0.384 e. The van der Waals surface area contributed by atoms with Crippen molar-refractivity contribution in [3.8, 4) is 11.3 Å². The van der Waals surface area contributed by atoms with Gasteiger partial charge in [-0.3, -0.25) is 9.48 Å². The monoisotopic (exact) mass is 510 g/mol. The maximum Gasteiger partial charge on any atom is 0.203 e. The number of pyridine rings is 2. The summed E-state index contributed by atoms with van der Waals surface area (Å²) in [4.78, 5) is 24.4. The molecular formula is C26H34N6O3S. The van der Waals surface area contributed by atoms with Gasteiger partial charge in [-0.15, -0.1) is 0 Å². The highest BCUT2D eigenvalue weighted by Crippen LogP contribution is 2.38. The molecule has 0 aromatic carbocycles. The second-order valence-corrected chi connectivity index (χ2v) is 12.7. The van der Waals surface area contributed by atoms with Gasteiger partial charge in [-0.1, -0.05) is 26.8 Å². The summed E-state index contributed by atoms with van der Waals surface area (Å²) in [5.41, 5.74) is 7.24. The van der Waals surface area contributed by atoms with E-state index in [1.54, 1.807) is 18.3 Å². The molecule has 0 saturated carbocycles. The predicted molar refractivity (Wildman–Crippen MR) is 141 cm³/mol. The molecule has 0 radical (unpaired) electrons. The molecular weight excluding hydrogens is 476 g/mol. The number of nitrogens with two attached hydrogens (primary N) is 1.